The summed E-state index contributed by atoms with van der Waals surface area (Å²) in [6.07, 6.45) is 4.06. The van der Waals surface area contributed by atoms with Crippen LogP contribution in [-0.2, 0) is 19.0 Å². The predicted octanol–water partition coefficient (Wildman–Crippen LogP) is 4.10. The van der Waals surface area contributed by atoms with E-state index in [9.17, 15) is 0 Å². The number of hydrogen-bond donors (Lipinski definition) is 1. The molecule has 4 rings (SSSR count). The first-order valence-electron chi connectivity index (χ1n) is 8.59. The lowest BCUT2D eigenvalue weighted by Crippen LogP contribution is -2.11. The Bertz CT molecular complexity index is 1000. The van der Waals surface area contributed by atoms with E-state index in [1.807, 2.05) is 46.8 Å². The number of imidazole rings is 1. The number of benzene rings is 1. The van der Waals surface area contributed by atoms with Crippen molar-refractivity contribution in [3.05, 3.63) is 54.0 Å². The number of aryl methyl sites for hydroxylation is 1. The molecule has 0 aliphatic carbocycles. The lowest BCUT2D eigenvalue weighted by molar-refractivity contribution is 0.572. The summed E-state index contributed by atoms with van der Waals surface area (Å²) in [6.45, 7) is 7.14. The van der Waals surface area contributed by atoms with Crippen LogP contribution in [0.2, 0.25) is 0 Å². The van der Waals surface area contributed by atoms with Gasteiger partial charge in [0.05, 0.1) is 17.6 Å². The number of anilines is 1. The first-order valence-corrected chi connectivity index (χ1v) is 9.40. The fourth-order valence-electron chi connectivity index (χ4n) is 2.81. The fraction of sp³-hybridized carbons (Fsp3) is 0.316. The molecule has 1 aromatic carbocycles. The van der Waals surface area contributed by atoms with Crippen molar-refractivity contribution in [2.75, 3.05) is 5.32 Å². The van der Waals surface area contributed by atoms with Crippen molar-refractivity contribution in [3.63, 3.8) is 0 Å². The lowest BCUT2D eigenvalue weighted by atomic mass is 9.93. The smallest absolute Gasteiger partial charge is 0.214 e. The summed E-state index contributed by atoms with van der Waals surface area (Å²) in [6, 6.07) is 10.2. The molecule has 0 aliphatic heterocycles. The molecule has 26 heavy (non-hydrogen) atoms. The molecule has 3 aromatic heterocycles. The van der Waals surface area contributed by atoms with Crippen LogP contribution in [0.4, 0.5) is 5.13 Å². The summed E-state index contributed by atoms with van der Waals surface area (Å²) >= 11 is 1.56. The van der Waals surface area contributed by atoms with Gasteiger partial charge in [-0.25, -0.2) is 9.50 Å². The third kappa shape index (κ3) is 3.22. The summed E-state index contributed by atoms with van der Waals surface area (Å²) < 4.78 is 3.71. The van der Waals surface area contributed by atoms with Crippen molar-refractivity contribution in [3.8, 4) is 11.3 Å². The van der Waals surface area contributed by atoms with Crippen molar-refractivity contribution in [1.29, 1.82) is 0 Å². The maximum atomic E-state index is 4.69. The SMILES string of the molecule is Cn1cc(CNc2nn3cc(C(C)(C)C)nc3s2)c(-c2ccccc2)n1. The second-order valence-corrected chi connectivity index (χ2v) is 8.36. The van der Waals surface area contributed by atoms with Crippen molar-refractivity contribution in [1.82, 2.24) is 24.4 Å². The van der Waals surface area contributed by atoms with Crippen molar-refractivity contribution < 1.29 is 0 Å². The Kier molecular flexibility index (Phi) is 4.03. The predicted molar refractivity (Wildman–Crippen MR) is 106 cm³/mol. The maximum absolute atomic E-state index is 4.69. The van der Waals surface area contributed by atoms with Crippen LogP contribution < -0.4 is 5.32 Å². The second kappa shape index (κ2) is 6.25. The van der Waals surface area contributed by atoms with Gasteiger partial charge >= 0.3 is 0 Å². The van der Waals surface area contributed by atoms with Crippen molar-refractivity contribution in [2.24, 2.45) is 7.05 Å². The molecule has 1 N–H and O–H groups in total. The van der Waals surface area contributed by atoms with Gasteiger partial charge in [0.1, 0.15) is 0 Å². The van der Waals surface area contributed by atoms with Gasteiger partial charge in [0.25, 0.3) is 0 Å². The van der Waals surface area contributed by atoms with Crippen LogP contribution in [0.25, 0.3) is 16.2 Å². The Balaban J connectivity index is 1.55. The first kappa shape index (κ1) is 16.8. The van der Waals surface area contributed by atoms with Gasteiger partial charge in [-0.1, -0.05) is 62.4 Å². The van der Waals surface area contributed by atoms with E-state index < -0.39 is 0 Å². The second-order valence-electron chi connectivity index (χ2n) is 7.41. The molecule has 0 atom stereocenters. The van der Waals surface area contributed by atoms with Gasteiger partial charge in [-0.2, -0.15) is 5.10 Å². The number of aromatic nitrogens is 5. The Morgan fingerprint density at radius 1 is 1.08 bits per heavy atom. The normalized spacial score (nSPS) is 12.0. The quantitative estimate of drug-likeness (QED) is 0.591. The first-order chi connectivity index (χ1) is 12.4. The van der Waals surface area contributed by atoms with Crippen LogP contribution >= 0.6 is 11.3 Å². The Morgan fingerprint density at radius 3 is 2.54 bits per heavy atom. The zero-order valence-corrected chi connectivity index (χ0v) is 16.2. The van der Waals surface area contributed by atoms with E-state index in [4.69, 9.17) is 4.98 Å². The fourth-order valence-corrected chi connectivity index (χ4v) is 3.59. The van der Waals surface area contributed by atoms with Crippen LogP contribution in [0.15, 0.2) is 42.7 Å². The molecule has 0 spiro atoms. The summed E-state index contributed by atoms with van der Waals surface area (Å²) in [5.74, 6) is 0. The van der Waals surface area contributed by atoms with E-state index in [1.165, 1.54) is 0 Å². The van der Waals surface area contributed by atoms with Crippen LogP contribution in [-0.4, -0.2) is 24.4 Å². The van der Waals surface area contributed by atoms with E-state index in [-0.39, 0.29) is 5.41 Å². The van der Waals surface area contributed by atoms with Crippen molar-refractivity contribution >= 4 is 21.4 Å². The van der Waals surface area contributed by atoms with Gasteiger partial charge < -0.3 is 5.32 Å². The summed E-state index contributed by atoms with van der Waals surface area (Å²) in [5.41, 5.74) is 4.34. The molecular weight excluding hydrogens is 344 g/mol. The standard InChI is InChI=1S/C19H22N6S/c1-19(2,3)15-12-25-18(21-15)26-17(23-25)20-10-14-11-24(4)22-16(14)13-8-6-5-7-9-13/h5-9,11-12H,10H2,1-4H3,(H,20,23). The molecule has 0 unspecified atom stereocenters. The molecular formula is C19H22N6S. The van der Waals surface area contributed by atoms with Crippen LogP contribution in [0.5, 0.6) is 0 Å². The Morgan fingerprint density at radius 2 is 1.85 bits per heavy atom. The topological polar surface area (TPSA) is 60.0 Å². The van der Waals surface area contributed by atoms with E-state index >= 15 is 0 Å². The monoisotopic (exact) mass is 366 g/mol. The number of rotatable bonds is 4. The highest BCUT2D eigenvalue weighted by molar-refractivity contribution is 7.20. The van der Waals surface area contributed by atoms with Crippen LogP contribution in [0.3, 0.4) is 0 Å². The van der Waals surface area contributed by atoms with Crippen molar-refractivity contribution in [2.45, 2.75) is 32.7 Å². The van der Waals surface area contributed by atoms with Crippen LogP contribution in [0, 0.1) is 0 Å². The highest BCUT2D eigenvalue weighted by atomic mass is 32.1. The number of hydrogen-bond acceptors (Lipinski definition) is 5. The Hall–Kier alpha value is -2.67. The minimum atomic E-state index is 0.0291. The highest BCUT2D eigenvalue weighted by Crippen LogP contribution is 2.27. The minimum Gasteiger partial charge on any atom is -0.356 e. The molecule has 0 saturated heterocycles. The molecule has 0 bridgehead atoms. The zero-order valence-electron chi connectivity index (χ0n) is 15.4. The average molecular weight is 366 g/mol. The van der Waals surface area contributed by atoms with E-state index in [2.05, 4.69) is 48.4 Å². The summed E-state index contributed by atoms with van der Waals surface area (Å²) in [4.78, 5) is 5.60. The number of fused-ring (bicyclic) bond motifs is 1. The third-order valence-corrected chi connectivity index (χ3v) is 5.07. The average Bonchev–Trinajstić information content (AvgIpc) is 3.25. The highest BCUT2D eigenvalue weighted by Gasteiger charge is 2.19. The maximum Gasteiger partial charge on any atom is 0.214 e. The number of nitrogens with zero attached hydrogens (tertiary/aromatic N) is 5. The Labute approximate surface area is 156 Å². The number of nitrogens with one attached hydrogen (secondary N) is 1. The molecule has 3 heterocycles. The van der Waals surface area contributed by atoms with E-state index in [1.54, 1.807) is 11.3 Å². The van der Waals surface area contributed by atoms with E-state index in [0.717, 1.165) is 32.6 Å². The molecule has 6 nitrogen and oxygen atoms in total. The molecule has 4 aromatic rings. The van der Waals surface area contributed by atoms with Crippen LogP contribution in [0.1, 0.15) is 32.0 Å². The third-order valence-electron chi connectivity index (χ3n) is 4.19. The van der Waals surface area contributed by atoms with Gasteiger partial charge in [-0.05, 0) is 0 Å². The molecule has 0 radical (unpaired) electrons. The molecule has 0 aliphatic rings. The van der Waals surface area contributed by atoms with Gasteiger partial charge in [0, 0.05) is 36.3 Å². The zero-order chi connectivity index (χ0) is 18.3. The van der Waals surface area contributed by atoms with E-state index in [0.29, 0.717) is 6.54 Å². The van der Waals surface area contributed by atoms with Gasteiger partial charge in [-0.3, -0.25) is 4.68 Å². The molecule has 0 saturated carbocycles. The summed E-state index contributed by atoms with van der Waals surface area (Å²) in [5, 5.41) is 13.5. The van der Waals surface area contributed by atoms with Gasteiger partial charge in [-0.15, -0.1) is 5.10 Å². The molecule has 134 valence electrons. The van der Waals surface area contributed by atoms with Gasteiger partial charge in [0.15, 0.2) is 0 Å². The molecule has 7 heteroatoms. The van der Waals surface area contributed by atoms with Gasteiger partial charge in [0.2, 0.25) is 10.1 Å². The summed E-state index contributed by atoms with van der Waals surface area (Å²) in [7, 11) is 1.95. The largest absolute Gasteiger partial charge is 0.356 e. The lowest BCUT2D eigenvalue weighted by Gasteiger charge is -2.13. The molecule has 0 amide bonds. The minimum absolute atomic E-state index is 0.0291. The molecule has 0 fully saturated rings.